The summed E-state index contributed by atoms with van der Waals surface area (Å²) < 4.78 is 0. The van der Waals surface area contributed by atoms with Crippen molar-refractivity contribution < 1.29 is 19.2 Å². The van der Waals surface area contributed by atoms with Gasteiger partial charge in [-0.2, -0.15) is 0 Å². The van der Waals surface area contributed by atoms with Gasteiger partial charge in [0.1, 0.15) is 13.1 Å². The highest BCUT2D eigenvalue weighted by molar-refractivity contribution is 6.30. The fourth-order valence-electron chi connectivity index (χ4n) is 3.41. The van der Waals surface area contributed by atoms with Gasteiger partial charge in [-0.25, -0.2) is 0 Å². The Morgan fingerprint density at radius 3 is 1.97 bits per heavy atom. The van der Waals surface area contributed by atoms with E-state index in [2.05, 4.69) is 5.32 Å². The molecule has 3 aromatic rings. The summed E-state index contributed by atoms with van der Waals surface area (Å²) >= 11 is 5.87. The summed E-state index contributed by atoms with van der Waals surface area (Å²) in [6.07, 6.45) is 0. The second-order valence-electron chi connectivity index (χ2n) is 7.11. The number of amides is 4. The minimum atomic E-state index is -0.558. The molecular weight excluding hydrogens is 430 g/mol. The number of fused-ring (bicyclic) bond motifs is 1. The first kappa shape index (κ1) is 21.3. The molecule has 32 heavy (non-hydrogen) atoms. The van der Waals surface area contributed by atoms with Crippen molar-refractivity contribution in [1.82, 2.24) is 4.90 Å². The van der Waals surface area contributed by atoms with E-state index in [-0.39, 0.29) is 17.7 Å². The van der Waals surface area contributed by atoms with Crippen LogP contribution in [0.2, 0.25) is 5.02 Å². The molecule has 0 aliphatic carbocycles. The number of carbonyl (C=O) groups is 4. The van der Waals surface area contributed by atoms with Crippen LogP contribution in [0, 0.1) is 0 Å². The van der Waals surface area contributed by atoms with Crippen molar-refractivity contribution in [2.45, 2.75) is 0 Å². The van der Waals surface area contributed by atoms with Crippen LogP contribution < -0.4 is 10.2 Å². The Kier molecular flexibility index (Phi) is 6.00. The topological polar surface area (TPSA) is 86.8 Å². The Morgan fingerprint density at radius 1 is 0.812 bits per heavy atom. The molecule has 4 rings (SSSR count). The number of nitrogens with zero attached hydrogens (tertiary/aromatic N) is 2. The second-order valence-corrected chi connectivity index (χ2v) is 7.55. The molecule has 1 aliphatic rings. The van der Waals surface area contributed by atoms with Crippen LogP contribution in [0.5, 0.6) is 0 Å². The maximum atomic E-state index is 13.2. The normalized spacial score (nSPS) is 12.5. The van der Waals surface area contributed by atoms with Crippen molar-refractivity contribution in [3.05, 3.63) is 95.0 Å². The fourth-order valence-corrected chi connectivity index (χ4v) is 3.54. The van der Waals surface area contributed by atoms with Crippen LogP contribution in [0.15, 0.2) is 78.9 Å². The van der Waals surface area contributed by atoms with Gasteiger partial charge < -0.3 is 10.2 Å². The van der Waals surface area contributed by atoms with E-state index in [0.717, 1.165) is 4.90 Å². The summed E-state index contributed by atoms with van der Waals surface area (Å²) in [4.78, 5) is 53.2. The number of nitrogens with one attached hydrogen (secondary N) is 1. The number of benzene rings is 3. The molecule has 0 unspecified atom stereocenters. The Hall–Kier alpha value is -3.97. The lowest BCUT2D eigenvalue weighted by Gasteiger charge is -2.24. The third-order valence-electron chi connectivity index (χ3n) is 4.97. The average Bonchev–Trinajstić information content (AvgIpc) is 3.04. The lowest BCUT2D eigenvalue weighted by molar-refractivity contribution is -0.121. The molecular formula is C24H18ClN3O4. The number of halogens is 1. The van der Waals surface area contributed by atoms with Crippen LogP contribution >= 0.6 is 11.6 Å². The van der Waals surface area contributed by atoms with Gasteiger partial charge in [-0.15, -0.1) is 0 Å². The van der Waals surface area contributed by atoms with E-state index >= 15 is 0 Å². The minimum absolute atomic E-state index is 0.261. The summed E-state index contributed by atoms with van der Waals surface area (Å²) in [6.45, 7) is -0.774. The summed E-state index contributed by atoms with van der Waals surface area (Å²) in [5.41, 5.74) is 1.52. The molecule has 4 amide bonds. The Balaban J connectivity index is 1.52. The van der Waals surface area contributed by atoms with Crippen molar-refractivity contribution in [1.29, 1.82) is 0 Å². The van der Waals surface area contributed by atoms with Crippen LogP contribution in [-0.2, 0) is 9.59 Å². The standard InChI is InChI=1S/C24H18ClN3O4/c25-16-10-12-17(13-11-16)26-21(29)14-27(18-6-2-1-3-7-18)22(30)15-28-23(31)19-8-4-5-9-20(19)24(28)32/h1-13H,14-15H2,(H,26,29). The quantitative estimate of drug-likeness (QED) is 0.585. The van der Waals surface area contributed by atoms with E-state index in [0.29, 0.717) is 16.4 Å². The fraction of sp³-hybridized carbons (Fsp3) is 0.0833. The predicted molar refractivity (Wildman–Crippen MR) is 121 cm³/mol. The maximum Gasteiger partial charge on any atom is 0.262 e. The number of para-hydroxylation sites is 1. The summed E-state index contributed by atoms with van der Waals surface area (Å²) in [6, 6.07) is 21.6. The highest BCUT2D eigenvalue weighted by Crippen LogP contribution is 2.23. The average molecular weight is 448 g/mol. The number of hydrogen-bond acceptors (Lipinski definition) is 4. The monoisotopic (exact) mass is 447 g/mol. The molecule has 0 bridgehead atoms. The zero-order valence-corrected chi connectivity index (χ0v) is 17.6. The number of imide groups is 1. The van der Waals surface area contributed by atoms with E-state index in [4.69, 9.17) is 11.6 Å². The molecule has 1 heterocycles. The Labute approximate surface area is 189 Å². The first-order chi connectivity index (χ1) is 15.4. The molecule has 1 aliphatic heterocycles. The Morgan fingerprint density at radius 2 is 1.38 bits per heavy atom. The molecule has 0 saturated heterocycles. The minimum Gasteiger partial charge on any atom is -0.325 e. The summed E-state index contributed by atoms with van der Waals surface area (Å²) in [5.74, 6) is -2.06. The first-order valence-electron chi connectivity index (χ1n) is 9.80. The number of hydrogen-bond donors (Lipinski definition) is 1. The van der Waals surface area contributed by atoms with Crippen molar-refractivity contribution in [2.24, 2.45) is 0 Å². The third kappa shape index (κ3) is 4.38. The smallest absolute Gasteiger partial charge is 0.262 e. The van der Waals surface area contributed by atoms with Crippen molar-refractivity contribution in [2.75, 3.05) is 23.3 Å². The van der Waals surface area contributed by atoms with Gasteiger partial charge in [0, 0.05) is 16.4 Å². The Bertz CT molecular complexity index is 1160. The van der Waals surface area contributed by atoms with Crippen LogP contribution in [0.1, 0.15) is 20.7 Å². The van der Waals surface area contributed by atoms with E-state index in [9.17, 15) is 19.2 Å². The van der Waals surface area contributed by atoms with Gasteiger partial charge in [0.2, 0.25) is 11.8 Å². The van der Waals surface area contributed by atoms with Crippen molar-refractivity contribution in [3.8, 4) is 0 Å². The highest BCUT2D eigenvalue weighted by Gasteiger charge is 2.37. The molecule has 8 heteroatoms. The highest BCUT2D eigenvalue weighted by atomic mass is 35.5. The molecule has 0 aromatic heterocycles. The zero-order valence-electron chi connectivity index (χ0n) is 16.8. The second kappa shape index (κ2) is 9.03. The van der Waals surface area contributed by atoms with Gasteiger partial charge >= 0.3 is 0 Å². The number of carbonyl (C=O) groups excluding carboxylic acids is 4. The molecule has 160 valence electrons. The lowest BCUT2D eigenvalue weighted by atomic mass is 10.1. The van der Waals surface area contributed by atoms with Crippen LogP contribution in [0.3, 0.4) is 0 Å². The molecule has 3 aromatic carbocycles. The van der Waals surface area contributed by atoms with E-state index < -0.39 is 30.2 Å². The van der Waals surface area contributed by atoms with E-state index in [1.165, 1.54) is 4.90 Å². The van der Waals surface area contributed by atoms with Crippen LogP contribution in [0.25, 0.3) is 0 Å². The van der Waals surface area contributed by atoms with Gasteiger partial charge in [0.05, 0.1) is 11.1 Å². The SMILES string of the molecule is O=C(CN(C(=O)CN1C(=O)c2ccccc2C1=O)c1ccccc1)Nc1ccc(Cl)cc1. The number of rotatable bonds is 6. The molecule has 0 radical (unpaired) electrons. The zero-order chi connectivity index (χ0) is 22.7. The van der Waals surface area contributed by atoms with Crippen LogP contribution in [0.4, 0.5) is 11.4 Å². The summed E-state index contributed by atoms with van der Waals surface area (Å²) in [5, 5.41) is 3.24. The van der Waals surface area contributed by atoms with Crippen LogP contribution in [-0.4, -0.2) is 41.6 Å². The van der Waals surface area contributed by atoms with Gasteiger partial charge in [-0.05, 0) is 48.5 Å². The van der Waals surface area contributed by atoms with Gasteiger partial charge in [0.25, 0.3) is 11.8 Å². The van der Waals surface area contributed by atoms with E-state index in [1.54, 1.807) is 78.9 Å². The maximum absolute atomic E-state index is 13.2. The van der Waals surface area contributed by atoms with Gasteiger partial charge in [-0.3, -0.25) is 24.1 Å². The van der Waals surface area contributed by atoms with Gasteiger partial charge in [-0.1, -0.05) is 41.9 Å². The molecule has 7 nitrogen and oxygen atoms in total. The molecule has 0 saturated carbocycles. The molecule has 1 N–H and O–H groups in total. The predicted octanol–water partition coefficient (Wildman–Crippen LogP) is 3.61. The van der Waals surface area contributed by atoms with Crippen molar-refractivity contribution in [3.63, 3.8) is 0 Å². The van der Waals surface area contributed by atoms with Gasteiger partial charge in [0.15, 0.2) is 0 Å². The lowest BCUT2D eigenvalue weighted by Crippen LogP contribution is -2.45. The molecule has 0 fully saturated rings. The first-order valence-corrected chi connectivity index (χ1v) is 10.2. The van der Waals surface area contributed by atoms with Crippen molar-refractivity contribution >= 4 is 46.6 Å². The third-order valence-corrected chi connectivity index (χ3v) is 5.22. The number of anilines is 2. The summed E-state index contributed by atoms with van der Waals surface area (Å²) in [7, 11) is 0. The largest absolute Gasteiger partial charge is 0.325 e. The molecule has 0 spiro atoms. The van der Waals surface area contributed by atoms with E-state index in [1.807, 2.05) is 0 Å². The molecule has 0 atom stereocenters.